The molecule has 0 radical (unpaired) electrons. The van der Waals surface area contributed by atoms with Gasteiger partial charge in [-0.2, -0.15) is 0 Å². The van der Waals surface area contributed by atoms with Gasteiger partial charge in [-0.25, -0.2) is 0 Å². The highest BCUT2D eigenvalue weighted by molar-refractivity contribution is 5.80. The van der Waals surface area contributed by atoms with Gasteiger partial charge < -0.3 is 20.1 Å². The number of hydrogen-bond donors (Lipinski definition) is 2. The normalized spacial score (nSPS) is 27.5. The molecule has 26 heavy (non-hydrogen) atoms. The molecule has 2 aliphatic rings. The average Bonchev–Trinajstić information content (AvgIpc) is 3.02. The lowest BCUT2D eigenvalue weighted by atomic mass is 9.57. The summed E-state index contributed by atoms with van der Waals surface area (Å²) in [6, 6.07) is 8.55. The minimum Gasteiger partial charge on any atom is -0.488 e. The maximum absolute atomic E-state index is 6.09. The van der Waals surface area contributed by atoms with Crippen molar-refractivity contribution in [2.75, 3.05) is 13.7 Å². The van der Waals surface area contributed by atoms with Gasteiger partial charge in [-0.1, -0.05) is 32.0 Å². The molecule has 144 valence electrons. The van der Waals surface area contributed by atoms with E-state index in [0.717, 1.165) is 30.3 Å². The van der Waals surface area contributed by atoms with E-state index < -0.39 is 0 Å². The van der Waals surface area contributed by atoms with Gasteiger partial charge in [0.25, 0.3) is 0 Å². The Morgan fingerprint density at radius 1 is 1.31 bits per heavy atom. The fourth-order valence-corrected chi connectivity index (χ4v) is 4.22. The summed E-state index contributed by atoms with van der Waals surface area (Å²) in [7, 11) is 1.82. The summed E-state index contributed by atoms with van der Waals surface area (Å²) in [5, 5.41) is 7.07. The van der Waals surface area contributed by atoms with E-state index >= 15 is 0 Å². The molecule has 5 heteroatoms. The first-order valence-corrected chi connectivity index (χ1v) is 9.58. The lowest BCUT2D eigenvalue weighted by Crippen LogP contribution is -2.67. The van der Waals surface area contributed by atoms with Crippen LogP contribution in [0.1, 0.15) is 46.6 Å². The molecule has 3 atom stereocenters. The van der Waals surface area contributed by atoms with E-state index in [0.29, 0.717) is 24.6 Å². The minimum absolute atomic E-state index is 0.131. The highest BCUT2D eigenvalue weighted by Gasteiger charge is 2.59. The van der Waals surface area contributed by atoms with E-state index in [1.54, 1.807) is 0 Å². The predicted octanol–water partition coefficient (Wildman–Crippen LogP) is 3.34. The fraction of sp³-hybridized carbons (Fsp3) is 0.667. The van der Waals surface area contributed by atoms with Crippen LogP contribution in [-0.2, 0) is 11.3 Å². The monoisotopic (exact) mass is 359 g/mol. The van der Waals surface area contributed by atoms with Crippen molar-refractivity contribution in [3.8, 4) is 5.75 Å². The van der Waals surface area contributed by atoms with E-state index in [-0.39, 0.29) is 11.0 Å². The van der Waals surface area contributed by atoms with Crippen LogP contribution in [0.4, 0.5) is 0 Å². The summed E-state index contributed by atoms with van der Waals surface area (Å²) >= 11 is 0. The second kappa shape index (κ2) is 7.10. The van der Waals surface area contributed by atoms with Crippen molar-refractivity contribution in [2.24, 2.45) is 16.3 Å². The molecule has 0 amide bonds. The van der Waals surface area contributed by atoms with Gasteiger partial charge in [-0.15, -0.1) is 0 Å². The molecule has 3 unspecified atom stereocenters. The van der Waals surface area contributed by atoms with E-state index in [4.69, 9.17) is 9.47 Å². The van der Waals surface area contributed by atoms with Crippen LogP contribution in [0.15, 0.2) is 29.3 Å². The van der Waals surface area contributed by atoms with Gasteiger partial charge in [-0.3, -0.25) is 4.99 Å². The topological polar surface area (TPSA) is 54.9 Å². The standard InChI is InChI=1S/C21H33N3O2/c1-20(2,3)26-16-10-8-7-9-14(16)13-23-19(22-6)24-17-15-11-12-25-18(15)21(17,4)5/h7-10,15,17-18H,11-13H2,1-6H3,(H2,22,23,24). The van der Waals surface area contributed by atoms with Gasteiger partial charge in [0.2, 0.25) is 0 Å². The Labute approximate surface area is 157 Å². The number of aliphatic imine (C=N–C) groups is 1. The van der Waals surface area contributed by atoms with E-state index in [2.05, 4.69) is 56.3 Å². The number of rotatable bonds is 4. The maximum atomic E-state index is 6.09. The number of para-hydroxylation sites is 1. The molecular formula is C21H33N3O2. The first-order valence-electron chi connectivity index (χ1n) is 9.58. The largest absolute Gasteiger partial charge is 0.488 e. The third kappa shape index (κ3) is 3.83. The SMILES string of the molecule is CN=C(NCc1ccccc1OC(C)(C)C)NC1C2CCOC2C1(C)C. The van der Waals surface area contributed by atoms with E-state index in [1.807, 2.05) is 25.2 Å². The molecular weight excluding hydrogens is 326 g/mol. The maximum Gasteiger partial charge on any atom is 0.191 e. The zero-order valence-corrected chi connectivity index (χ0v) is 16.9. The van der Waals surface area contributed by atoms with Crippen LogP contribution in [0, 0.1) is 11.3 Å². The van der Waals surface area contributed by atoms with Crippen LogP contribution >= 0.6 is 0 Å². The molecule has 5 nitrogen and oxygen atoms in total. The zero-order chi connectivity index (χ0) is 18.9. The molecule has 0 aromatic heterocycles. The van der Waals surface area contributed by atoms with Crippen molar-refractivity contribution < 1.29 is 9.47 Å². The van der Waals surface area contributed by atoms with E-state index in [9.17, 15) is 0 Å². The number of nitrogens with zero attached hydrogens (tertiary/aromatic N) is 1. The Morgan fingerprint density at radius 3 is 2.73 bits per heavy atom. The van der Waals surface area contributed by atoms with Crippen molar-refractivity contribution >= 4 is 5.96 Å². The molecule has 1 heterocycles. The van der Waals surface area contributed by atoms with Crippen LogP contribution in [0.5, 0.6) is 5.75 Å². The van der Waals surface area contributed by atoms with Gasteiger partial charge in [0.1, 0.15) is 11.4 Å². The second-order valence-corrected chi connectivity index (χ2v) is 8.94. The fourth-order valence-electron chi connectivity index (χ4n) is 4.22. The number of benzene rings is 1. The Hall–Kier alpha value is -1.75. The average molecular weight is 360 g/mol. The first kappa shape index (κ1) is 19.0. The van der Waals surface area contributed by atoms with Gasteiger partial charge >= 0.3 is 0 Å². The number of nitrogens with one attached hydrogen (secondary N) is 2. The van der Waals surface area contributed by atoms with Crippen molar-refractivity contribution in [1.82, 2.24) is 10.6 Å². The molecule has 1 aliphatic carbocycles. The lowest BCUT2D eigenvalue weighted by molar-refractivity contribution is -0.106. The Balaban J connectivity index is 1.62. The van der Waals surface area contributed by atoms with E-state index in [1.165, 1.54) is 0 Å². The number of hydrogen-bond acceptors (Lipinski definition) is 3. The molecule has 1 aromatic rings. The highest BCUT2D eigenvalue weighted by atomic mass is 16.5. The summed E-state index contributed by atoms with van der Waals surface area (Å²) in [6.07, 6.45) is 1.50. The minimum atomic E-state index is -0.219. The Morgan fingerprint density at radius 2 is 2.04 bits per heavy atom. The quantitative estimate of drug-likeness (QED) is 0.639. The molecule has 0 spiro atoms. The van der Waals surface area contributed by atoms with Crippen LogP contribution < -0.4 is 15.4 Å². The van der Waals surface area contributed by atoms with Crippen LogP contribution in [-0.4, -0.2) is 37.4 Å². The van der Waals surface area contributed by atoms with Crippen molar-refractivity contribution in [3.05, 3.63) is 29.8 Å². The van der Waals surface area contributed by atoms with Gasteiger partial charge in [0.05, 0.1) is 6.10 Å². The number of fused-ring (bicyclic) bond motifs is 1. The molecule has 1 aliphatic heterocycles. The predicted molar refractivity (Wildman–Crippen MR) is 106 cm³/mol. The first-order chi connectivity index (χ1) is 12.2. The summed E-state index contributed by atoms with van der Waals surface area (Å²) < 4.78 is 12.0. The Bertz CT molecular complexity index is 663. The molecule has 3 rings (SSSR count). The molecule has 0 bridgehead atoms. The van der Waals surface area contributed by atoms with Crippen LogP contribution in [0.25, 0.3) is 0 Å². The summed E-state index contributed by atoms with van der Waals surface area (Å²) in [6.45, 7) is 12.3. The summed E-state index contributed by atoms with van der Waals surface area (Å²) in [4.78, 5) is 4.42. The third-order valence-corrected chi connectivity index (χ3v) is 5.45. The van der Waals surface area contributed by atoms with Crippen LogP contribution in [0.2, 0.25) is 0 Å². The van der Waals surface area contributed by atoms with Gasteiger partial charge in [0, 0.05) is 43.1 Å². The number of guanidine groups is 1. The highest BCUT2D eigenvalue weighted by Crippen LogP contribution is 2.52. The third-order valence-electron chi connectivity index (χ3n) is 5.45. The summed E-state index contributed by atoms with van der Waals surface area (Å²) in [5.74, 6) is 2.33. The van der Waals surface area contributed by atoms with Crippen molar-refractivity contribution in [1.29, 1.82) is 0 Å². The molecule has 2 N–H and O–H groups in total. The number of ether oxygens (including phenoxy) is 2. The smallest absolute Gasteiger partial charge is 0.191 e. The van der Waals surface area contributed by atoms with Crippen LogP contribution in [0.3, 0.4) is 0 Å². The van der Waals surface area contributed by atoms with Gasteiger partial charge in [0.15, 0.2) is 5.96 Å². The Kier molecular flexibility index (Phi) is 5.20. The molecule has 2 fully saturated rings. The molecule has 1 aromatic carbocycles. The van der Waals surface area contributed by atoms with Crippen molar-refractivity contribution in [2.45, 2.75) is 65.3 Å². The van der Waals surface area contributed by atoms with Gasteiger partial charge in [-0.05, 0) is 33.3 Å². The summed E-state index contributed by atoms with van der Waals surface area (Å²) in [5.41, 5.74) is 1.04. The molecule has 1 saturated carbocycles. The second-order valence-electron chi connectivity index (χ2n) is 8.94. The zero-order valence-electron chi connectivity index (χ0n) is 16.9. The van der Waals surface area contributed by atoms with Crippen molar-refractivity contribution in [3.63, 3.8) is 0 Å². The molecule has 1 saturated heterocycles. The lowest BCUT2D eigenvalue weighted by Gasteiger charge is -2.54.